The fourth-order valence-electron chi connectivity index (χ4n) is 1.64. The molecule has 94 valence electrons. The van der Waals surface area contributed by atoms with Crippen molar-refractivity contribution in [2.45, 2.75) is 6.10 Å². The van der Waals surface area contributed by atoms with Crippen molar-refractivity contribution >= 4 is 43.5 Å². The lowest BCUT2D eigenvalue weighted by atomic mass is 10.0. The molecule has 1 unspecified atom stereocenters. The number of halogens is 4. The van der Waals surface area contributed by atoms with Gasteiger partial charge in [0.25, 0.3) is 0 Å². The Morgan fingerprint density at radius 2 is 1.78 bits per heavy atom. The lowest BCUT2D eigenvalue weighted by molar-refractivity contribution is 0.215. The molecule has 5 heteroatoms. The smallest absolute Gasteiger partial charge is 0.129 e. The zero-order valence-corrected chi connectivity index (χ0v) is 12.9. The van der Waals surface area contributed by atoms with Crippen LogP contribution < -0.4 is 0 Å². The molecule has 0 heterocycles. The van der Waals surface area contributed by atoms with Crippen LogP contribution in [0.5, 0.6) is 0 Å². The minimum Gasteiger partial charge on any atom is -0.384 e. The summed E-state index contributed by atoms with van der Waals surface area (Å²) < 4.78 is 15.1. The van der Waals surface area contributed by atoms with Crippen molar-refractivity contribution in [3.8, 4) is 0 Å². The highest BCUT2D eigenvalue weighted by molar-refractivity contribution is 9.10. The molecular formula is C13H8Br2ClFO. The van der Waals surface area contributed by atoms with E-state index in [0.29, 0.717) is 15.1 Å². The van der Waals surface area contributed by atoms with E-state index in [-0.39, 0.29) is 5.56 Å². The molecule has 0 saturated carbocycles. The maximum absolute atomic E-state index is 13.7. The van der Waals surface area contributed by atoms with Crippen molar-refractivity contribution in [3.05, 3.63) is 67.3 Å². The van der Waals surface area contributed by atoms with E-state index in [4.69, 9.17) is 11.6 Å². The molecule has 1 N–H and O–H groups in total. The van der Waals surface area contributed by atoms with Crippen LogP contribution in [0.3, 0.4) is 0 Å². The Labute approximate surface area is 126 Å². The molecule has 0 bridgehead atoms. The summed E-state index contributed by atoms with van der Waals surface area (Å²) in [5.41, 5.74) is 0.741. The third-order valence-electron chi connectivity index (χ3n) is 2.45. The van der Waals surface area contributed by atoms with Crippen LogP contribution >= 0.6 is 43.5 Å². The molecule has 0 aliphatic rings. The van der Waals surface area contributed by atoms with Crippen molar-refractivity contribution in [2.24, 2.45) is 0 Å². The summed E-state index contributed by atoms with van der Waals surface area (Å²) in [6.45, 7) is 0. The van der Waals surface area contributed by atoms with Gasteiger partial charge in [-0.25, -0.2) is 4.39 Å². The van der Waals surface area contributed by atoms with Crippen molar-refractivity contribution in [2.75, 3.05) is 0 Å². The summed E-state index contributed by atoms with van der Waals surface area (Å²) in [7, 11) is 0. The predicted octanol–water partition coefficient (Wildman–Crippen LogP) is 5.09. The minimum atomic E-state index is -1.06. The standard InChI is InChI=1S/C13H8Br2ClFO/c14-8-1-2-12(17)11(6-8)13(18)7-3-9(15)5-10(16)4-7/h1-6,13,18H. The van der Waals surface area contributed by atoms with Gasteiger partial charge in [-0.15, -0.1) is 0 Å². The lowest BCUT2D eigenvalue weighted by Gasteiger charge is -2.13. The molecule has 0 aliphatic carbocycles. The Kier molecular flexibility index (Phi) is 4.43. The van der Waals surface area contributed by atoms with Gasteiger partial charge in [0.2, 0.25) is 0 Å². The zero-order valence-electron chi connectivity index (χ0n) is 9.00. The molecule has 0 aromatic heterocycles. The normalized spacial score (nSPS) is 12.5. The van der Waals surface area contributed by atoms with Crippen LogP contribution in [0.15, 0.2) is 45.3 Å². The molecule has 0 saturated heterocycles. The summed E-state index contributed by atoms with van der Waals surface area (Å²) in [5.74, 6) is -0.457. The number of rotatable bonds is 2. The van der Waals surface area contributed by atoms with E-state index in [1.54, 1.807) is 30.3 Å². The zero-order chi connectivity index (χ0) is 13.3. The third-order valence-corrected chi connectivity index (χ3v) is 3.62. The molecule has 0 amide bonds. The summed E-state index contributed by atoms with van der Waals surface area (Å²) in [6.07, 6.45) is -1.06. The molecule has 0 spiro atoms. The Morgan fingerprint density at radius 3 is 2.44 bits per heavy atom. The summed E-state index contributed by atoms with van der Waals surface area (Å²) in [4.78, 5) is 0. The molecule has 18 heavy (non-hydrogen) atoms. The molecule has 2 aromatic rings. The monoisotopic (exact) mass is 392 g/mol. The second kappa shape index (κ2) is 5.70. The van der Waals surface area contributed by atoms with Crippen LogP contribution in [0, 0.1) is 5.82 Å². The van der Waals surface area contributed by atoms with E-state index >= 15 is 0 Å². The quantitative estimate of drug-likeness (QED) is 0.753. The van der Waals surface area contributed by atoms with Crippen LogP contribution in [-0.2, 0) is 0 Å². The molecule has 1 atom stereocenters. The highest BCUT2D eigenvalue weighted by Crippen LogP contribution is 2.30. The first-order chi connectivity index (χ1) is 8.47. The van der Waals surface area contributed by atoms with Gasteiger partial charge in [0.1, 0.15) is 11.9 Å². The van der Waals surface area contributed by atoms with Crippen molar-refractivity contribution in [1.29, 1.82) is 0 Å². The first-order valence-corrected chi connectivity index (χ1v) is 7.03. The minimum absolute atomic E-state index is 0.207. The first-order valence-electron chi connectivity index (χ1n) is 5.06. The van der Waals surface area contributed by atoms with Gasteiger partial charge in [0, 0.05) is 19.5 Å². The number of hydrogen-bond donors (Lipinski definition) is 1. The summed E-state index contributed by atoms with van der Waals surface area (Å²) in [5, 5.41) is 10.7. The van der Waals surface area contributed by atoms with Gasteiger partial charge >= 0.3 is 0 Å². The number of aliphatic hydroxyl groups excluding tert-OH is 1. The average Bonchev–Trinajstić information content (AvgIpc) is 2.30. The molecule has 2 aromatic carbocycles. The van der Waals surface area contributed by atoms with Gasteiger partial charge in [-0.05, 0) is 42.0 Å². The fourth-order valence-corrected chi connectivity index (χ4v) is 2.90. The molecule has 0 radical (unpaired) electrons. The molecule has 1 nitrogen and oxygen atoms in total. The van der Waals surface area contributed by atoms with Gasteiger partial charge < -0.3 is 5.11 Å². The van der Waals surface area contributed by atoms with E-state index < -0.39 is 11.9 Å². The Morgan fingerprint density at radius 1 is 1.06 bits per heavy atom. The molecular weight excluding hydrogens is 386 g/mol. The highest BCUT2D eigenvalue weighted by atomic mass is 79.9. The fraction of sp³-hybridized carbons (Fsp3) is 0.0769. The van der Waals surface area contributed by atoms with Crippen LogP contribution in [0.1, 0.15) is 17.2 Å². The Balaban J connectivity index is 2.47. The van der Waals surface area contributed by atoms with E-state index in [9.17, 15) is 9.50 Å². The SMILES string of the molecule is OC(c1cc(Cl)cc(Br)c1)c1cc(Br)ccc1F. The predicted molar refractivity (Wildman–Crippen MR) is 77.3 cm³/mol. The van der Waals surface area contributed by atoms with Crippen molar-refractivity contribution < 1.29 is 9.50 Å². The topological polar surface area (TPSA) is 20.2 Å². The number of hydrogen-bond acceptors (Lipinski definition) is 1. The van der Waals surface area contributed by atoms with Gasteiger partial charge in [-0.1, -0.05) is 43.5 Å². The van der Waals surface area contributed by atoms with E-state index in [2.05, 4.69) is 31.9 Å². The van der Waals surface area contributed by atoms with Crippen molar-refractivity contribution in [3.63, 3.8) is 0 Å². The van der Waals surface area contributed by atoms with Gasteiger partial charge in [-0.2, -0.15) is 0 Å². The van der Waals surface area contributed by atoms with Gasteiger partial charge in [0.05, 0.1) is 0 Å². The maximum Gasteiger partial charge on any atom is 0.129 e. The van der Waals surface area contributed by atoms with E-state index in [0.717, 1.165) is 4.47 Å². The summed E-state index contributed by atoms with van der Waals surface area (Å²) >= 11 is 12.4. The Bertz CT molecular complexity index is 569. The van der Waals surface area contributed by atoms with Crippen LogP contribution in [-0.4, -0.2) is 5.11 Å². The van der Waals surface area contributed by atoms with E-state index in [1.165, 1.54) is 6.07 Å². The van der Waals surface area contributed by atoms with Gasteiger partial charge in [0.15, 0.2) is 0 Å². The molecule has 0 fully saturated rings. The van der Waals surface area contributed by atoms with Gasteiger partial charge in [-0.3, -0.25) is 0 Å². The Hall–Kier alpha value is -0.420. The van der Waals surface area contributed by atoms with E-state index in [1.807, 2.05) is 0 Å². The van der Waals surface area contributed by atoms with Crippen LogP contribution in [0.25, 0.3) is 0 Å². The molecule has 2 rings (SSSR count). The second-order valence-electron chi connectivity index (χ2n) is 3.77. The van der Waals surface area contributed by atoms with Crippen LogP contribution in [0.2, 0.25) is 5.02 Å². The maximum atomic E-state index is 13.7. The third kappa shape index (κ3) is 3.12. The average molecular weight is 394 g/mol. The van der Waals surface area contributed by atoms with Crippen molar-refractivity contribution in [1.82, 2.24) is 0 Å². The number of benzene rings is 2. The lowest BCUT2D eigenvalue weighted by Crippen LogP contribution is -2.02. The summed E-state index contributed by atoms with van der Waals surface area (Å²) in [6, 6.07) is 9.46. The number of aliphatic hydroxyl groups is 1. The largest absolute Gasteiger partial charge is 0.384 e. The first kappa shape index (κ1) is 14.0. The second-order valence-corrected chi connectivity index (χ2v) is 6.04. The highest BCUT2D eigenvalue weighted by Gasteiger charge is 2.16. The van der Waals surface area contributed by atoms with Crippen LogP contribution in [0.4, 0.5) is 4.39 Å². The molecule has 0 aliphatic heterocycles.